The molecule has 0 radical (unpaired) electrons. The number of hydrogen-bond donors (Lipinski definition) is 2. The molecule has 1 fully saturated rings. The molecule has 5 heteroatoms. The minimum atomic E-state index is 0.437. The molecule has 0 aliphatic carbocycles. The molecule has 2 aliphatic rings. The lowest BCUT2D eigenvalue weighted by Crippen LogP contribution is -2.38. The van der Waals surface area contributed by atoms with Gasteiger partial charge in [-0.1, -0.05) is 25.1 Å². The van der Waals surface area contributed by atoms with E-state index in [1.807, 2.05) is 12.1 Å². The van der Waals surface area contributed by atoms with E-state index in [2.05, 4.69) is 34.3 Å². The summed E-state index contributed by atoms with van der Waals surface area (Å²) in [6, 6.07) is 8.83. The van der Waals surface area contributed by atoms with Gasteiger partial charge in [0.25, 0.3) is 0 Å². The Morgan fingerprint density at radius 1 is 1.39 bits per heavy atom. The highest BCUT2D eigenvalue weighted by Crippen LogP contribution is 2.32. The lowest BCUT2D eigenvalue weighted by atomic mass is 9.93. The molecule has 23 heavy (non-hydrogen) atoms. The van der Waals surface area contributed by atoms with Crippen molar-refractivity contribution in [1.29, 1.82) is 0 Å². The van der Waals surface area contributed by atoms with E-state index in [0.717, 1.165) is 38.4 Å². The van der Waals surface area contributed by atoms with Crippen molar-refractivity contribution < 1.29 is 4.74 Å². The Balaban J connectivity index is 1.51. The first-order valence-corrected chi connectivity index (χ1v) is 8.77. The number of likely N-dealkylation sites (N-methyl/N-ethyl adjacent to an activating group) is 1. The average molecular weight is 316 g/mol. The molecule has 0 aromatic heterocycles. The van der Waals surface area contributed by atoms with Gasteiger partial charge in [-0.05, 0) is 44.0 Å². The first-order chi connectivity index (χ1) is 11.3. The number of para-hydroxylation sites is 1. The molecule has 5 nitrogen and oxygen atoms in total. The van der Waals surface area contributed by atoms with Gasteiger partial charge in [-0.15, -0.1) is 0 Å². The van der Waals surface area contributed by atoms with Crippen molar-refractivity contribution in [3.63, 3.8) is 0 Å². The maximum absolute atomic E-state index is 6.06. The highest BCUT2D eigenvalue weighted by atomic mass is 16.5. The molecule has 1 aromatic rings. The second kappa shape index (κ2) is 7.68. The van der Waals surface area contributed by atoms with Crippen molar-refractivity contribution >= 4 is 5.96 Å². The number of nitrogens with two attached hydrogens (primary N) is 1. The second-order valence-corrected chi connectivity index (χ2v) is 6.40. The summed E-state index contributed by atoms with van der Waals surface area (Å²) in [5.41, 5.74) is 7.34. The van der Waals surface area contributed by atoms with E-state index in [0.29, 0.717) is 17.9 Å². The molecule has 2 aliphatic heterocycles. The smallest absolute Gasteiger partial charge is 0.188 e. The van der Waals surface area contributed by atoms with Crippen LogP contribution in [-0.2, 0) is 0 Å². The van der Waals surface area contributed by atoms with Crippen LogP contribution < -0.4 is 15.8 Å². The minimum absolute atomic E-state index is 0.437. The summed E-state index contributed by atoms with van der Waals surface area (Å²) in [6.45, 7) is 6.91. The number of likely N-dealkylation sites (tertiary alicyclic amines) is 1. The molecule has 0 spiro atoms. The van der Waals surface area contributed by atoms with Crippen molar-refractivity contribution in [3.8, 4) is 5.75 Å². The van der Waals surface area contributed by atoms with Crippen LogP contribution in [0.1, 0.15) is 37.7 Å². The standard InChI is InChI=1S/C18H28N4O/c1-2-22-10-5-6-15(22)13-21-18(19)20-12-14-9-11-23-17-8-4-3-7-16(14)17/h3-4,7-8,14-15H,2,5-6,9-13H2,1H3,(H3,19,20,21). The predicted octanol–water partition coefficient (Wildman–Crippen LogP) is 1.94. The van der Waals surface area contributed by atoms with Gasteiger partial charge < -0.3 is 15.8 Å². The molecule has 3 rings (SSSR count). The Bertz CT molecular complexity index is 546. The highest BCUT2D eigenvalue weighted by molar-refractivity contribution is 5.77. The zero-order valence-electron chi connectivity index (χ0n) is 14.0. The first kappa shape index (κ1) is 16.1. The topological polar surface area (TPSA) is 62.9 Å². The molecule has 2 unspecified atom stereocenters. The van der Waals surface area contributed by atoms with Gasteiger partial charge >= 0.3 is 0 Å². The third kappa shape index (κ3) is 3.96. The van der Waals surface area contributed by atoms with Crippen molar-refractivity contribution in [1.82, 2.24) is 10.2 Å². The van der Waals surface area contributed by atoms with Crippen molar-refractivity contribution in [2.24, 2.45) is 10.7 Å². The summed E-state index contributed by atoms with van der Waals surface area (Å²) in [4.78, 5) is 7.05. The molecule has 126 valence electrons. The number of aliphatic imine (C=N–C) groups is 1. The zero-order chi connectivity index (χ0) is 16.1. The minimum Gasteiger partial charge on any atom is -0.493 e. The van der Waals surface area contributed by atoms with Crippen molar-refractivity contribution in [3.05, 3.63) is 29.8 Å². The Labute approximate surface area is 138 Å². The molecule has 1 saturated heterocycles. The lowest BCUT2D eigenvalue weighted by Gasteiger charge is -2.26. The number of rotatable bonds is 5. The SMILES string of the molecule is CCN1CCCC1CN=C(N)NCC1CCOc2ccccc21. The number of hydrogen-bond acceptors (Lipinski definition) is 3. The van der Waals surface area contributed by atoms with Crippen LogP contribution in [0, 0.1) is 0 Å². The largest absolute Gasteiger partial charge is 0.493 e. The zero-order valence-corrected chi connectivity index (χ0v) is 14.0. The van der Waals surface area contributed by atoms with Gasteiger partial charge in [0.05, 0.1) is 13.2 Å². The van der Waals surface area contributed by atoms with Crippen LogP contribution in [0.25, 0.3) is 0 Å². The lowest BCUT2D eigenvalue weighted by molar-refractivity contribution is 0.266. The van der Waals surface area contributed by atoms with Gasteiger partial charge in [-0.25, -0.2) is 0 Å². The summed E-state index contributed by atoms with van der Waals surface area (Å²) < 4.78 is 5.70. The van der Waals surface area contributed by atoms with E-state index in [9.17, 15) is 0 Å². The van der Waals surface area contributed by atoms with Crippen LogP contribution in [0.4, 0.5) is 0 Å². The fourth-order valence-corrected chi connectivity index (χ4v) is 3.63. The molecule has 2 atom stereocenters. The fraction of sp³-hybridized carbons (Fsp3) is 0.611. The van der Waals surface area contributed by atoms with E-state index in [4.69, 9.17) is 10.5 Å². The van der Waals surface area contributed by atoms with Crippen LogP contribution >= 0.6 is 0 Å². The Kier molecular flexibility index (Phi) is 5.39. The van der Waals surface area contributed by atoms with E-state index in [1.54, 1.807) is 0 Å². The molecule has 1 aromatic carbocycles. The van der Waals surface area contributed by atoms with E-state index in [1.165, 1.54) is 24.9 Å². The fourth-order valence-electron chi connectivity index (χ4n) is 3.63. The third-order valence-electron chi connectivity index (χ3n) is 4.99. The van der Waals surface area contributed by atoms with Crippen LogP contribution in [0.5, 0.6) is 5.75 Å². The molecule has 3 N–H and O–H groups in total. The molecule has 2 heterocycles. The normalized spacial score (nSPS) is 25.0. The first-order valence-electron chi connectivity index (χ1n) is 8.77. The quantitative estimate of drug-likeness (QED) is 0.644. The molecule has 0 amide bonds. The Hall–Kier alpha value is -1.75. The van der Waals surface area contributed by atoms with E-state index < -0.39 is 0 Å². The number of guanidine groups is 1. The maximum Gasteiger partial charge on any atom is 0.188 e. The van der Waals surface area contributed by atoms with Gasteiger partial charge in [-0.2, -0.15) is 0 Å². The van der Waals surface area contributed by atoms with Crippen LogP contribution in [0.2, 0.25) is 0 Å². The number of nitrogens with zero attached hydrogens (tertiary/aromatic N) is 2. The van der Waals surface area contributed by atoms with Gasteiger partial charge in [0, 0.05) is 18.5 Å². The van der Waals surface area contributed by atoms with Gasteiger partial charge in [0.2, 0.25) is 0 Å². The third-order valence-corrected chi connectivity index (χ3v) is 4.99. The monoisotopic (exact) mass is 316 g/mol. The Morgan fingerprint density at radius 2 is 2.26 bits per heavy atom. The summed E-state index contributed by atoms with van der Waals surface area (Å²) in [5.74, 6) is 2.01. The molecular formula is C18H28N4O. The van der Waals surface area contributed by atoms with Crippen LogP contribution in [0.15, 0.2) is 29.3 Å². The van der Waals surface area contributed by atoms with E-state index in [-0.39, 0.29) is 0 Å². The molecule has 0 saturated carbocycles. The average Bonchev–Trinajstić information content (AvgIpc) is 3.05. The number of fused-ring (bicyclic) bond motifs is 1. The Morgan fingerprint density at radius 3 is 3.13 bits per heavy atom. The van der Waals surface area contributed by atoms with Gasteiger partial charge in [0.1, 0.15) is 5.75 Å². The van der Waals surface area contributed by atoms with Crippen molar-refractivity contribution in [2.45, 2.75) is 38.1 Å². The van der Waals surface area contributed by atoms with E-state index >= 15 is 0 Å². The maximum atomic E-state index is 6.06. The highest BCUT2D eigenvalue weighted by Gasteiger charge is 2.23. The summed E-state index contributed by atoms with van der Waals surface area (Å²) >= 11 is 0. The summed E-state index contributed by atoms with van der Waals surface area (Å²) in [6.07, 6.45) is 3.53. The number of benzene rings is 1. The second-order valence-electron chi connectivity index (χ2n) is 6.40. The number of nitrogens with one attached hydrogen (secondary N) is 1. The predicted molar refractivity (Wildman–Crippen MR) is 94.1 cm³/mol. The van der Waals surface area contributed by atoms with Crippen LogP contribution in [-0.4, -0.2) is 49.7 Å². The van der Waals surface area contributed by atoms with Gasteiger partial charge in [-0.3, -0.25) is 9.89 Å². The molecular weight excluding hydrogens is 288 g/mol. The van der Waals surface area contributed by atoms with Crippen LogP contribution in [0.3, 0.4) is 0 Å². The van der Waals surface area contributed by atoms with Crippen molar-refractivity contribution in [2.75, 3.05) is 32.8 Å². The summed E-state index contributed by atoms with van der Waals surface area (Å²) in [7, 11) is 0. The summed E-state index contributed by atoms with van der Waals surface area (Å²) in [5, 5.41) is 3.30. The number of ether oxygens (including phenoxy) is 1. The molecule has 0 bridgehead atoms. The van der Waals surface area contributed by atoms with Gasteiger partial charge in [0.15, 0.2) is 5.96 Å².